The van der Waals surface area contributed by atoms with Gasteiger partial charge in [0.15, 0.2) is 0 Å². The molecule has 0 aliphatic carbocycles. The van der Waals surface area contributed by atoms with Crippen LogP contribution in [0, 0.1) is 6.92 Å². The Bertz CT molecular complexity index is 723. The van der Waals surface area contributed by atoms with Crippen molar-refractivity contribution in [2.75, 3.05) is 7.11 Å². The monoisotopic (exact) mass is 300 g/mol. The minimum Gasteiger partial charge on any atom is -0.497 e. The number of aromatic nitrogens is 2. The molecular weight excluding hydrogens is 284 g/mol. The van der Waals surface area contributed by atoms with E-state index in [1.165, 1.54) is 11.3 Å². The summed E-state index contributed by atoms with van der Waals surface area (Å²) >= 11 is 6.15. The smallest absolute Gasteiger partial charge is 0.138 e. The number of aryl methyl sites for hydroxylation is 3. The van der Waals surface area contributed by atoms with Gasteiger partial charge in [-0.1, -0.05) is 23.7 Å². The summed E-state index contributed by atoms with van der Waals surface area (Å²) in [4.78, 5) is 7.64. The highest BCUT2D eigenvalue weighted by atomic mass is 35.5. The molecule has 3 rings (SSSR count). The number of hydrogen-bond acceptors (Lipinski definition) is 2. The van der Waals surface area contributed by atoms with Crippen LogP contribution in [0.2, 0.25) is 5.15 Å². The van der Waals surface area contributed by atoms with Gasteiger partial charge in [-0.25, -0.2) is 4.98 Å². The van der Waals surface area contributed by atoms with E-state index in [2.05, 4.69) is 28.2 Å². The zero-order valence-electron chi connectivity index (χ0n) is 12.1. The Kier molecular flexibility index (Phi) is 3.84. The normalized spacial score (nSPS) is 11.0. The number of ether oxygens (including phenoxy) is 1. The van der Waals surface area contributed by atoms with Crippen LogP contribution >= 0.6 is 11.6 Å². The molecule has 108 valence electrons. The number of halogens is 1. The summed E-state index contributed by atoms with van der Waals surface area (Å²) in [5, 5.41) is 1.56. The molecule has 0 amide bonds. The molecule has 0 unspecified atom stereocenters. The number of nitrogens with zero attached hydrogens (tertiary/aromatic N) is 1. The van der Waals surface area contributed by atoms with Gasteiger partial charge in [0, 0.05) is 17.3 Å². The Morgan fingerprint density at radius 1 is 1.19 bits per heavy atom. The number of methoxy groups -OCH3 is 1. The number of fused-ring (bicyclic) bond motifs is 1. The molecule has 0 bridgehead atoms. The second-order valence-corrected chi connectivity index (χ2v) is 5.52. The van der Waals surface area contributed by atoms with Gasteiger partial charge >= 0.3 is 0 Å². The largest absolute Gasteiger partial charge is 0.497 e. The first-order valence-electron chi connectivity index (χ1n) is 6.93. The number of pyridine rings is 1. The fourth-order valence-corrected chi connectivity index (χ4v) is 2.68. The molecular formula is C17H17ClN2O. The molecule has 0 aliphatic heterocycles. The maximum atomic E-state index is 6.15. The summed E-state index contributed by atoms with van der Waals surface area (Å²) in [6.45, 7) is 2.04. The van der Waals surface area contributed by atoms with Crippen LogP contribution in [0.25, 0.3) is 10.9 Å². The van der Waals surface area contributed by atoms with E-state index in [1.54, 1.807) is 13.3 Å². The van der Waals surface area contributed by atoms with Crippen LogP contribution in [0.15, 0.2) is 36.5 Å². The van der Waals surface area contributed by atoms with E-state index >= 15 is 0 Å². The van der Waals surface area contributed by atoms with Crippen molar-refractivity contribution < 1.29 is 4.74 Å². The van der Waals surface area contributed by atoms with Crippen molar-refractivity contribution >= 4 is 22.5 Å². The van der Waals surface area contributed by atoms with Crippen LogP contribution in [0.3, 0.4) is 0 Å². The molecule has 4 heteroatoms. The van der Waals surface area contributed by atoms with E-state index in [0.29, 0.717) is 5.15 Å². The van der Waals surface area contributed by atoms with Crippen molar-refractivity contribution in [2.24, 2.45) is 0 Å². The van der Waals surface area contributed by atoms with Crippen LogP contribution in [-0.4, -0.2) is 17.1 Å². The van der Waals surface area contributed by atoms with Gasteiger partial charge in [0.1, 0.15) is 10.9 Å². The molecule has 0 spiro atoms. The van der Waals surface area contributed by atoms with Crippen LogP contribution in [0.5, 0.6) is 5.75 Å². The summed E-state index contributed by atoms with van der Waals surface area (Å²) in [6.07, 6.45) is 3.71. The molecule has 0 saturated carbocycles. The number of nitrogens with one attached hydrogen (secondary N) is 1. The topological polar surface area (TPSA) is 37.9 Å². The average Bonchev–Trinajstić information content (AvgIpc) is 2.95. The van der Waals surface area contributed by atoms with E-state index in [9.17, 15) is 0 Å². The van der Waals surface area contributed by atoms with Gasteiger partial charge in [-0.3, -0.25) is 0 Å². The molecule has 0 aliphatic rings. The average molecular weight is 301 g/mol. The van der Waals surface area contributed by atoms with Gasteiger partial charge in [-0.15, -0.1) is 0 Å². The number of aromatic amines is 1. The zero-order valence-corrected chi connectivity index (χ0v) is 12.9. The zero-order chi connectivity index (χ0) is 14.8. The summed E-state index contributed by atoms with van der Waals surface area (Å²) in [5.74, 6) is 0.887. The summed E-state index contributed by atoms with van der Waals surface area (Å²) in [5.41, 5.74) is 4.67. The third kappa shape index (κ3) is 2.88. The molecule has 21 heavy (non-hydrogen) atoms. The molecule has 0 radical (unpaired) electrons. The molecule has 0 fully saturated rings. The van der Waals surface area contributed by atoms with Crippen LogP contribution in [-0.2, 0) is 12.8 Å². The molecule has 1 aromatic carbocycles. The third-order valence-corrected chi connectivity index (χ3v) is 4.00. The van der Waals surface area contributed by atoms with Crippen molar-refractivity contribution in [1.82, 2.24) is 9.97 Å². The van der Waals surface area contributed by atoms with Gasteiger partial charge < -0.3 is 9.72 Å². The van der Waals surface area contributed by atoms with Crippen LogP contribution in [0.1, 0.15) is 16.8 Å². The highest BCUT2D eigenvalue weighted by Crippen LogP contribution is 2.25. The van der Waals surface area contributed by atoms with Gasteiger partial charge in [-0.2, -0.15) is 0 Å². The number of hydrogen-bond donors (Lipinski definition) is 1. The SMILES string of the molecule is COc1ccc(CCc2cc3c(Cl)ncc(C)c3[nH]2)cc1. The summed E-state index contributed by atoms with van der Waals surface area (Å²) in [7, 11) is 1.68. The van der Waals surface area contributed by atoms with E-state index in [1.807, 2.05) is 19.1 Å². The van der Waals surface area contributed by atoms with E-state index in [-0.39, 0.29) is 0 Å². The molecule has 2 aromatic heterocycles. The minimum absolute atomic E-state index is 0.558. The number of H-pyrrole nitrogens is 1. The second-order valence-electron chi connectivity index (χ2n) is 5.16. The molecule has 0 saturated heterocycles. The first-order chi connectivity index (χ1) is 10.2. The molecule has 3 nitrogen and oxygen atoms in total. The number of rotatable bonds is 4. The maximum Gasteiger partial charge on any atom is 0.138 e. The number of benzene rings is 1. The summed E-state index contributed by atoms with van der Waals surface area (Å²) < 4.78 is 5.17. The van der Waals surface area contributed by atoms with Gasteiger partial charge in [-0.05, 0) is 49.1 Å². The lowest BCUT2D eigenvalue weighted by atomic mass is 10.1. The van der Waals surface area contributed by atoms with E-state index in [4.69, 9.17) is 16.3 Å². The first kappa shape index (κ1) is 14.0. The second kappa shape index (κ2) is 5.78. The van der Waals surface area contributed by atoms with Gasteiger partial charge in [0.2, 0.25) is 0 Å². The van der Waals surface area contributed by atoms with Crippen molar-refractivity contribution in [3.05, 3.63) is 58.5 Å². The van der Waals surface area contributed by atoms with Crippen molar-refractivity contribution in [2.45, 2.75) is 19.8 Å². The van der Waals surface area contributed by atoms with E-state index in [0.717, 1.165) is 35.1 Å². The fraction of sp³-hybridized carbons (Fsp3) is 0.235. The van der Waals surface area contributed by atoms with Crippen molar-refractivity contribution in [1.29, 1.82) is 0 Å². The van der Waals surface area contributed by atoms with E-state index < -0.39 is 0 Å². The summed E-state index contributed by atoms with van der Waals surface area (Å²) in [6, 6.07) is 10.3. The lowest BCUT2D eigenvalue weighted by molar-refractivity contribution is 0.414. The Hall–Kier alpha value is -2.00. The molecule has 3 aromatic rings. The predicted octanol–water partition coefficient (Wildman–Crippen LogP) is 4.32. The van der Waals surface area contributed by atoms with Gasteiger partial charge in [0.25, 0.3) is 0 Å². The predicted molar refractivity (Wildman–Crippen MR) is 86.2 cm³/mol. The third-order valence-electron chi connectivity index (χ3n) is 3.70. The lowest BCUT2D eigenvalue weighted by Gasteiger charge is -2.02. The maximum absolute atomic E-state index is 6.15. The first-order valence-corrected chi connectivity index (χ1v) is 7.31. The Labute approximate surface area is 128 Å². The Balaban J connectivity index is 1.78. The van der Waals surface area contributed by atoms with Crippen LogP contribution < -0.4 is 4.74 Å². The lowest BCUT2D eigenvalue weighted by Crippen LogP contribution is -1.92. The van der Waals surface area contributed by atoms with Gasteiger partial charge in [0.05, 0.1) is 12.6 Å². The highest BCUT2D eigenvalue weighted by molar-refractivity contribution is 6.34. The molecule has 1 N–H and O–H groups in total. The quantitative estimate of drug-likeness (QED) is 0.729. The standard InChI is InChI=1S/C17H17ClN2O/c1-11-10-19-17(18)15-9-13(20-16(11)15)6-3-12-4-7-14(21-2)8-5-12/h4-5,7-10,20H,3,6H2,1-2H3. The molecule has 0 atom stereocenters. The van der Waals surface area contributed by atoms with Crippen molar-refractivity contribution in [3.63, 3.8) is 0 Å². The van der Waals surface area contributed by atoms with Crippen LogP contribution in [0.4, 0.5) is 0 Å². The fourth-order valence-electron chi connectivity index (χ4n) is 2.48. The van der Waals surface area contributed by atoms with Crippen molar-refractivity contribution in [3.8, 4) is 5.75 Å². The molecule has 2 heterocycles. The highest BCUT2D eigenvalue weighted by Gasteiger charge is 2.08. The Morgan fingerprint density at radius 3 is 2.62 bits per heavy atom. The minimum atomic E-state index is 0.558. The Morgan fingerprint density at radius 2 is 1.95 bits per heavy atom.